The van der Waals surface area contributed by atoms with Crippen LogP contribution in [0.2, 0.25) is 0 Å². The van der Waals surface area contributed by atoms with Gasteiger partial charge in [0.15, 0.2) is 0 Å². The Hall–Kier alpha value is -0.900. The van der Waals surface area contributed by atoms with Gasteiger partial charge in [-0.15, -0.1) is 0 Å². The second kappa shape index (κ2) is 6.04. The van der Waals surface area contributed by atoms with Crippen LogP contribution in [-0.2, 0) is 4.74 Å². The van der Waals surface area contributed by atoms with Gasteiger partial charge in [-0.05, 0) is 50.9 Å². The van der Waals surface area contributed by atoms with Crippen molar-refractivity contribution in [1.82, 2.24) is 4.90 Å². The van der Waals surface area contributed by atoms with Crippen LogP contribution < -0.4 is 5.73 Å². The summed E-state index contributed by atoms with van der Waals surface area (Å²) < 4.78 is 5.68. The van der Waals surface area contributed by atoms with Crippen LogP contribution >= 0.6 is 0 Å². The molecule has 0 aromatic heterocycles. The summed E-state index contributed by atoms with van der Waals surface area (Å²) in [6.07, 6.45) is 1.39. The molecule has 1 aromatic rings. The van der Waals surface area contributed by atoms with Crippen LogP contribution in [0.15, 0.2) is 18.2 Å². The van der Waals surface area contributed by atoms with Crippen LogP contribution in [0.4, 0.5) is 0 Å². The molecule has 19 heavy (non-hydrogen) atoms. The molecule has 3 heteroatoms. The fraction of sp³-hybridized carbons (Fsp3) is 0.625. The van der Waals surface area contributed by atoms with Crippen LogP contribution in [0, 0.1) is 13.8 Å². The van der Waals surface area contributed by atoms with E-state index in [9.17, 15) is 0 Å². The van der Waals surface area contributed by atoms with Gasteiger partial charge in [-0.1, -0.05) is 18.2 Å². The van der Waals surface area contributed by atoms with Crippen molar-refractivity contribution in [3.8, 4) is 0 Å². The van der Waals surface area contributed by atoms with Crippen LogP contribution in [0.25, 0.3) is 0 Å². The largest absolute Gasteiger partial charge is 0.377 e. The first kappa shape index (κ1) is 14.5. The number of nitrogens with zero attached hydrogens (tertiary/aromatic N) is 1. The molecule has 3 unspecified atom stereocenters. The molecule has 3 atom stereocenters. The number of rotatable bonds is 4. The highest BCUT2D eigenvalue weighted by atomic mass is 16.5. The molecule has 3 nitrogen and oxygen atoms in total. The minimum absolute atomic E-state index is 0.272. The zero-order valence-corrected chi connectivity index (χ0v) is 12.5. The van der Waals surface area contributed by atoms with E-state index in [1.54, 1.807) is 0 Å². The molecule has 2 N–H and O–H groups in total. The molecule has 0 amide bonds. The van der Waals surface area contributed by atoms with E-state index >= 15 is 0 Å². The van der Waals surface area contributed by atoms with Crippen molar-refractivity contribution in [3.63, 3.8) is 0 Å². The maximum absolute atomic E-state index is 6.02. The first-order valence-corrected chi connectivity index (χ1v) is 7.15. The van der Waals surface area contributed by atoms with Crippen molar-refractivity contribution < 1.29 is 4.74 Å². The van der Waals surface area contributed by atoms with E-state index in [2.05, 4.69) is 50.9 Å². The van der Waals surface area contributed by atoms with Crippen molar-refractivity contribution in [3.05, 3.63) is 34.9 Å². The summed E-state index contributed by atoms with van der Waals surface area (Å²) in [5, 5.41) is 0. The zero-order chi connectivity index (χ0) is 14.0. The predicted molar refractivity (Wildman–Crippen MR) is 79.3 cm³/mol. The lowest BCUT2D eigenvalue weighted by Gasteiger charge is -2.34. The minimum Gasteiger partial charge on any atom is -0.377 e. The Balaban J connectivity index is 2.20. The van der Waals surface area contributed by atoms with E-state index in [1.165, 1.54) is 16.7 Å². The molecule has 1 saturated heterocycles. The second-order valence-electron chi connectivity index (χ2n) is 5.69. The number of likely N-dealkylation sites (N-methyl/N-ethyl adjacent to an activating group) is 1. The van der Waals surface area contributed by atoms with Gasteiger partial charge in [-0.2, -0.15) is 0 Å². The van der Waals surface area contributed by atoms with E-state index in [0.29, 0.717) is 18.7 Å². The first-order valence-electron chi connectivity index (χ1n) is 7.15. The van der Waals surface area contributed by atoms with E-state index < -0.39 is 0 Å². The van der Waals surface area contributed by atoms with Gasteiger partial charge in [-0.25, -0.2) is 0 Å². The fourth-order valence-electron chi connectivity index (χ4n) is 3.00. The molecule has 1 aromatic carbocycles. The molecule has 2 rings (SSSR count). The number of nitrogens with two attached hydrogens (primary N) is 1. The normalized spacial score (nSPS) is 24.9. The lowest BCUT2D eigenvalue weighted by molar-refractivity contribution is 0.0686. The summed E-state index contributed by atoms with van der Waals surface area (Å²) in [5.41, 5.74) is 10.0. The topological polar surface area (TPSA) is 38.5 Å². The standard InChI is InChI=1S/C16H26N2O/c1-11-5-6-14(9-12(11)2)16(10-17)18(4)15-7-8-19-13(15)3/h5-6,9,13,15-16H,7-8,10,17H2,1-4H3. The molecule has 106 valence electrons. The number of benzene rings is 1. The Kier molecular flexibility index (Phi) is 4.61. The minimum atomic E-state index is 0.272. The van der Waals surface area contributed by atoms with Gasteiger partial charge in [0.05, 0.1) is 6.10 Å². The quantitative estimate of drug-likeness (QED) is 0.905. The molecule has 0 radical (unpaired) electrons. The van der Waals surface area contributed by atoms with Crippen LogP contribution in [0.3, 0.4) is 0 Å². The molecule has 1 heterocycles. The van der Waals surface area contributed by atoms with Crippen LogP contribution in [-0.4, -0.2) is 37.2 Å². The van der Waals surface area contributed by atoms with E-state index in [1.807, 2.05) is 0 Å². The monoisotopic (exact) mass is 262 g/mol. The molecular weight excluding hydrogens is 236 g/mol. The number of hydrogen-bond acceptors (Lipinski definition) is 3. The van der Waals surface area contributed by atoms with Gasteiger partial charge in [0.25, 0.3) is 0 Å². The summed E-state index contributed by atoms with van der Waals surface area (Å²) in [6.45, 7) is 7.96. The Bertz CT molecular complexity index is 433. The average molecular weight is 262 g/mol. The van der Waals surface area contributed by atoms with Gasteiger partial charge in [0.1, 0.15) is 0 Å². The zero-order valence-electron chi connectivity index (χ0n) is 12.5. The van der Waals surface area contributed by atoms with Gasteiger partial charge in [0, 0.05) is 25.2 Å². The van der Waals surface area contributed by atoms with Crippen molar-refractivity contribution in [2.45, 2.75) is 45.4 Å². The summed E-state index contributed by atoms with van der Waals surface area (Å²) in [5.74, 6) is 0. The molecule has 0 bridgehead atoms. The van der Waals surface area contributed by atoms with E-state index in [-0.39, 0.29) is 6.04 Å². The van der Waals surface area contributed by atoms with Crippen LogP contribution in [0.1, 0.15) is 36.1 Å². The smallest absolute Gasteiger partial charge is 0.0703 e. The first-order chi connectivity index (χ1) is 9.04. The van der Waals surface area contributed by atoms with Crippen molar-refractivity contribution >= 4 is 0 Å². The highest BCUT2D eigenvalue weighted by molar-refractivity contribution is 5.32. The summed E-state index contributed by atoms with van der Waals surface area (Å²) >= 11 is 0. The molecule has 1 aliphatic rings. The lowest BCUT2D eigenvalue weighted by atomic mass is 9.98. The van der Waals surface area contributed by atoms with Crippen LogP contribution in [0.5, 0.6) is 0 Å². The summed E-state index contributed by atoms with van der Waals surface area (Å²) in [7, 11) is 2.17. The highest BCUT2D eigenvalue weighted by Gasteiger charge is 2.31. The Morgan fingerprint density at radius 3 is 2.63 bits per heavy atom. The average Bonchev–Trinajstić information content (AvgIpc) is 2.80. The fourth-order valence-corrected chi connectivity index (χ4v) is 3.00. The third-order valence-electron chi connectivity index (χ3n) is 4.49. The molecule has 0 aliphatic carbocycles. The van der Waals surface area contributed by atoms with E-state index in [4.69, 9.17) is 10.5 Å². The van der Waals surface area contributed by atoms with Gasteiger partial charge in [-0.3, -0.25) is 4.90 Å². The van der Waals surface area contributed by atoms with Gasteiger partial charge in [0.2, 0.25) is 0 Å². The van der Waals surface area contributed by atoms with Crippen molar-refractivity contribution in [1.29, 1.82) is 0 Å². The molecular formula is C16H26N2O. The second-order valence-corrected chi connectivity index (χ2v) is 5.69. The SMILES string of the molecule is Cc1ccc(C(CN)N(C)C2CCOC2C)cc1C. The van der Waals surface area contributed by atoms with Gasteiger partial charge >= 0.3 is 0 Å². The maximum atomic E-state index is 6.02. The Labute approximate surface area is 116 Å². The summed E-state index contributed by atoms with van der Waals surface area (Å²) in [4.78, 5) is 2.39. The molecule has 0 spiro atoms. The third kappa shape index (κ3) is 2.99. The number of hydrogen-bond donors (Lipinski definition) is 1. The van der Waals surface area contributed by atoms with E-state index in [0.717, 1.165) is 13.0 Å². The van der Waals surface area contributed by atoms with Gasteiger partial charge < -0.3 is 10.5 Å². The third-order valence-corrected chi connectivity index (χ3v) is 4.49. The summed E-state index contributed by atoms with van der Waals surface area (Å²) in [6, 6.07) is 7.40. The number of ether oxygens (including phenoxy) is 1. The molecule has 1 aliphatic heterocycles. The number of aryl methyl sites for hydroxylation is 2. The molecule has 0 saturated carbocycles. The highest BCUT2D eigenvalue weighted by Crippen LogP contribution is 2.28. The van der Waals surface area contributed by atoms with Crippen molar-refractivity contribution in [2.75, 3.05) is 20.2 Å². The predicted octanol–water partition coefficient (Wildman–Crippen LogP) is 2.41. The maximum Gasteiger partial charge on any atom is 0.0703 e. The Morgan fingerprint density at radius 1 is 1.37 bits per heavy atom. The Morgan fingerprint density at radius 2 is 2.11 bits per heavy atom. The molecule has 1 fully saturated rings. The lowest BCUT2D eigenvalue weighted by Crippen LogP contribution is -2.42. The van der Waals surface area contributed by atoms with Crippen molar-refractivity contribution in [2.24, 2.45) is 5.73 Å².